The number of hydrogen-bond acceptors (Lipinski definition) is 5. The van der Waals surface area contributed by atoms with Crippen molar-refractivity contribution in [1.29, 1.82) is 0 Å². The predicted molar refractivity (Wildman–Crippen MR) is 120 cm³/mol. The average Bonchev–Trinajstić information content (AvgIpc) is 2.75. The quantitative estimate of drug-likeness (QED) is 0.622. The van der Waals surface area contributed by atoms with E-state index < -0.39 is 26.0 Å². The summed E-state index contributed by atoms with van der Waals surface area (Å²) in [5.74, 6) is -1.05. The van der Waals surface area contributed by atoms with Gasteiger partial charge in [-0.1, -0.05) is 60.7 Å². The Morgan fingerprint density at radius 1 is 0.839 bits per heavy atom. The first-order chi connectivity index (χ1) is 14.7. The normalized spacial score (nSPS) is 16.3. The topological polar surface area (TPSA) is 104 Å². The second-order valence-corrected chi connectivity index (χ2v) is 11.5. The molecule has 1 N–H and O–H groups in total. The molecule has 10 heteroatoms. The van der Waals surface area contributed by atoms with Crippen molar-refractivity contribution in [2.45, 2.75) is 5.92 Å². The number of piperazine rings is 1. The highest BCUT2D eigenvalue weighted by Gasteiger charge is 2.30. The van der Waals surface area contributed by atoms with Crippen molar-refractivity contribution in [1.82, 2.24) is 13.9 Å². The molecule has 0 bridgehead atoms. The fourth-order valence-corrected chi connectivity index (χ4v) is 5.76. The van der Waals surface area contributed by atoms with Crippen LogP contribution >= 0.6 is 0 Å². The Labute approximate surface area is 184 Å². The monoisotopic (exact) mass is 465 g/mol. The molecule has 0 aromatic heterocycles. The molecule has 2 aromatic carbocycles. The maximum absolute atomic E-state index is 13.0. The Morgan fingerprint density at radius 3 is 1.74 bits per heavy atom. The van der Waals surface area contributed by atoms with Gasteiger partial charge in [0.05, 0.1) is 17.9 Å². The molecule has 1 aliphatic rings. The van der Waals surface area contributed by atoms with E-state index >= 15 is 0 Å². The highest BCUT2D eigenvalue weighted by Crippen LogP contribution is 2.24. The minimum absolute atomic E-state index is 0.0242. The standard InChI is InChI=1S/C21H27N3O5S2/c1-30(26,27)23-13-15-24(16-14-23)31(28,29)17-12-22-21(25)20(18-8-4-2-5-9-18)19-10-6-3-7-11-19/h2-11,20H,12-17H2,1H3,(H,22,25). The molecule has 0 saturated carbocycles. The van der Waals surface area contributed by atoms with E-state index in [0.29, 0.717) is 0 Å². The summed E-state index contributed by atoms with van der Waals surface area (Å²) >= 11 is 0. The lowest BCUT2D eigenvalue weighted by molar-refractivity contribution is -0.121. The Hall–Kier alpha value is -2.27. The Bertz CT molecular complexity index is 1040. The van der Waals surface area contributed by atoms with Crippen LogP contribution in [0.25, 0.3) is 0 Å². The summed E-state index contributed by atoms with van der Waals surface area (Å²) in [7, 11) is -6.94. The Balaban J connectivity index is 1.61. The molecule has 0 aliphatic carbocycles. The molecule has 0 spiro atoms. The third kappa shape index (κ3) is 6.13. The zero-order valence-electron chi connectivity index (χ0n) is 17.3. The first-order valence-electron chi connectivity index (χ1n) is 9.99. The molecule has 1 saturated heterocycles. The van der Waals surface area contributed by atoms with Crippen LogP contribution < -0.4 is 5.32 Å². The van der Waals surface area contributed by atoms with Crippen molar-refractivity contribution in [3.05, 3.63) is 71.8 Å². The zero-order valence-corrected chi connectivity index (χ0v) is 19.0. The maximum Gasteiger partial charge on any atom is 0.232 e. The summed E-state index contributed by atoms with van der Waals surface area (Å²) in [6.45, 7) is 0.465. The number of carbonyl (C=O) groups is 1. The third-order valence-corrected chi connectivity index (χ3v) is 8.42. The molecule has 0 radical (unpaired) electrons. The number of nitrogens with one attached hydrogen (secondary N) is 1. The first-order valence-corrected chi connectivity index (χ1v) is 13.4. The number of hydrogen-bond donors (Lipinski definition) is 1. The van der Waals surface area contributed by atoms with E-state index in [1.807, 2.05) is 60.7 Å². The Kier molecular flexibility index (Phi) is 7.47. The first kappa shape index (κ1) is 23.4. The SMILES string of the molecule is CS(=O)(=O)N1CCN(S(=O)(=O)CCNC(=O)C(c2ccccc2)c2ccccc2)CC1. The molecule has 1 heterocycles. The van der Waals surface area contributed by atoms with E-state index in [2.05, 4.69) is 5.32 Å². The van der Waals surface area contributed by atoms with Gasteiger partial charge in [-0.15, -0.1) is 0 Å². The van der Waals surface area contributed by atoms with Gasteiger partial charge in [-0.3, -0.25) is 4.79 Å². The van der Waals surface area contributed by atoms with Crippen LogP contribution in [-0.2, 0) is 24.8 Å². The van der Waals surface area contributed by atoms with E-state index in [9.17, 15) is 21.6 Å². The van der Waals surface area contributed by atoms with Gasteiger partial charge in [0.2, 0.25) is 26.0 Å². The van der Waals surface area contributed by atoms with E-state index in [1.165, 1.54) is 8.61 Å². The van der Waals surface area contributed by atoms with Gasteiger partial charge in [-0.2, -0.15) is 8.61 Å². The van der Waals surface area contributed by atoms with Gasteiger partial charge >= 0.3 is 0 Å². The van der Waals surface area contributed by atoms with E-state index in [-0.39, 0.29) is 44.4 Å². The highest BCUT2D eigenvalue weighted by molar-refractivity contribution is 7.89. The number of carbonyl (C=O) groups excluding carboxylic acids is 1. The van der Waals surface area contributed by atoms with Gasteiger partial charge in [0.1, 0.15) is 0 Å². The molecule has 1 aliphatic heterocycles. The van der Waals surface area contributed by atoms with Gasteiger partial charge in [0, 0.05) is 32.7 Å². The second-order valence-electron chi connectivity index (χ2n) is 7.42. The van der Waals surface area contributed by atoms with Crippen LogP contribution in [0.4, 0.5) is 0 Å². The molecular formula is C21H27N3O5S2. The second kappa shape index (κ2) is 9.90. The summed E-state index contributed by atoms with van der Waals surface area (Å²) in [5.41, 5.74) is 1.65. The fraction of sp³-hybridized carbons (Fsp3) is 0.381. The third-order valence-electron chi connectivity index (χ3n) is 5.25. The summed E-state index contributed by atoms with van der Waals surface area (Å²) in [4.78, 5) is 13.0. The fourth-order valence-electron chi connectivity index (χ4n) is 3.60. The maximum atomic E-state index is 13.0. The molecule has 168 valence electrons. The van der Waals surface area contributed by atoms with Crippen molar-refractivity contribution in [3.63, 3.8) is 0 Å². The molecule has 0 atom stereocenters. The molecule has 8 nitrogen and oxygen atoms in total. The number of nitrogens with zero attached hydrogens (tertiary/aromatic N) is 2. The number of benzene rings is 2. The van der Waals surface area contributed by atoms with Crippen molar-refractivity contribution in [2.24, 2.45) is 0 Å². The van der Waals surface area contributed by atoms with E-state index in [1.54, 1.807) is 0 Å². The van der Waals surface area contributed by atoms with Crippen LogP contribution in [0.1, 0.15) is 17.0 Å². The van der Waals surface area contributed by atoms with Crippen molar-refractivity contribution >= 4 is 26.0 Å². The average molecular weight is 466 g/mol. The molecule has 3 rings (SSSR count). The summed E-state index contributed by atoms with van der Waals surface area (Å²) in [5, 5.41) is 2.76. The van der Waals surface area contributed by atoms with Gasteiger partial charge in [-0.25, -0.2) is 16.8 Å². The number of sulfonamides is 2. The Morgan fingerprint density at radius 2 is 1.29 bits per heavy atom. The minimum atomic E-state index is -3.61. The minimum Gasteiger partial charge on any atom is -0.354 e. The molecular weight excluding hydrogens is 438 g/mol. The van der Waals surface area contributed by atoms with Crippen molar-refractivity contribution < 1.29 is 21.6 Å². The van der Waals surface area contributed by atoms with Gasteiger partial charge < -0.3 is 5.32 Å². The van der Waals surface area contributed by atoms with Crippen LogP contribution in [0.15, 0.2) is 60.7 Å². The van der Waals surface area contributed by atoms with E-state index in [0.717, 1.165) is 17.4 Å². The molecule has 31 heavy (non-hydrogen) atoms. The van der Waals surface area contributed by atoms with Crippen LogP contribution in [0.3, 0.4) is 0 Å². The van der Waals surface area contributed by atoms with Crippen LogP contribution in [0, 0.1) is 0 Å². The van der Waals surface area contributed by atoms with Crippen LogP contribution in [0.5, 0.6) is 0 Å². The summed E-state index contributed by atoms with van der Waals surface area (Å²) < 4.78 is 51.0. The zero-order chi connectivity index (χ0) is 22.5. The lowest BCUT2D eigenvalue weighted by Crippen LogP contribution is -2.51. The predicted octanol–water partition coefficient (Wildman–Crippen LogP) is 0.842. The lowest BCUT2D eigenvalue weighted by atomic mass is 9.90. The summed E-state index contributed by atoms with van der Waals surface area (Å²) in [6.07, 6.45) is 1.11. The van der Waals surface area contributed by atoms with Crippen LogP contribution in [0.2, 0.25) is 0 Å². The molecule has 2 aromatic rings. The molecule has 1 fully saturated rings. The molecule has 0 unspecified atom stereocenters. The van der Waals surface area contributed by atoms with E-state index in [4.69, 9.17) is 0 Å². The highest BCUT2D eigenvalue weighted by atomic mass is 32.2. The van der Waals surface area contributed by atoms with Crippen molar-refractivity contribution in [2.75, 3.05) is 44.7 Å². The number of rotatable bonds is 8. The number of amides is 1. The van der Waals surface area contributed by atoms with Crippen molar-refractivity contribution in [3.8, 4) is 0 Å². The lowest BCUT2D eigenvalue weighted by Gasteiger charge is -2.32. The largest absolute Gasteiger partial charge is 0.354 e. The van der Waals surface area contributed by atoms with Gasteiger partial charge in [-0.05, 0) is 11.1 Å². The van der Waals surface area contributed by atoms with Gasteiger partial charge in [0.15, 0.2) is 0 Å². The van der Waals surface area contributed by atoms with Gasteiger partial charge in [0.25, 0.3) is 0 Å². The van der Waals surface area contributed by atoms with Crippen LogP contribution in [-0.4, -0.2) is 76.1 Å². The smallest absolute Gasteiger partial charge is 0.232 e. The summed E-state index contributed by atoms with van der Waals surface area (Å²) in [6, 6.07) is 18.7. The molecule has 1 amide bonds.